The Bertz CT molecular complexity index is 2700. The number of aromatic nitrogens is 7. The molecule has 310 valence electrons. The minimum absolute atomic E-state index is 0.00522. The second-order valence-corrected chi connectivity index (χ2v) is 18.7. The normalized spacial score (nSPS) is 21.9. The van der Waals surface area contributed by atoms with E-state index in [4.69, 9.17) is 14.8 Å². The van der Waals surface area contributed by atoms with E-state index in [0.29, 0.717) is 72.1 Å². The number of imide groups is 1. The summed E-state index contributed by atoms with van der Waals surface area (Å²) in [7, 11) is -3.49. The molecule has 1 aromatic carbocycles. The Hall–Kier alpha value is -6.21. The molecule has 5 aliphatic rings. The summed E-state index contributed by atoms with van der Waals surface area (Å²) in [6, 6.07) is 8.23. The fourth-order valence-electron chi connectivity index (χ4n) is 8.32. The van der Waals surface area contributed by atoms with Crippen molar-refractivity contribution in [3.8, 4) is 17.1 Å². The smallest absolute Gasteiger partial charge is 0.262 e. The molecule has 1 atom stereocenters. The highest BCUT2D eigenvalue weighted by Gasteiger charge is 2.44. The Kier molecular flexibility index (Phi) is 9.19. The predicted octanol–water partition coefficient (Wildman–Crippen LogP) is 3.77. The van der Waals surface area contributed by atoms with Crippen molar-refractivity contribution in [2.24, 2.45) is 5.92 Å². The van der Waals surface area contributed by atoms with E-state index in [-0.39, 0.29) is 34.4 Å². The molecule has 1 unspecified atom stereocenters. The standard InChI is InChI=1S/C41H44N12O6S/c1-22(2)53-34-15-36(47-35-10-11-42-37(48-35)25-17-45-51(21-25)60(57,58)29-6-7-29)44-18-32(34)38(49-53)50-19-24(20-50)16-43-26-12-28(13-26)59-27-5-8-30-31(14-27)41(56)52(40(30)55)33-9-4-23(3)46-39(33)54/h5,8,10-11,14-15,17-18,21-22,24,26,28-29,33,43H,3-4,6-7,9,12-13,16,19-20H2,1-2H3,(H,46,54)(H,42,44,47,48). The topological polar surface area (TPSA) is 211 Å². The Morgan fingerprint density at radius 1 is 0.983 bits per heavy atom. The lowest BCUT2D eigenvalue weighted by Gasteiger charge is -2.42. The van der Waals surface area contributed by atoms with E-state index in [1.807, 2.05) is 16.9 Å². The lowest BCUT2D eigenvalue weighted by atomic mass is 9.88. The number of piperidine rings is 1. The highest BCUT2D eigenvalue weighted by molar-refractivity contribution is 7.90. The number of rotatable bonds is 13. The third kappa shape index (κ3) is 6.84. The summed E-state index contributed by atoms with van der Waals surface area (Å²) in [5.41, 5.74) is 2.59. The van der Waals surface area contributed by atoms with Crippen molar-refractivity contribution in [3.05, 3.63) is 78.5 Å². The maximum absolute atomic E-state index is 13.3. The molecule has 4 aromatic heterocycles. The fraction of sp³-hybridized carbons (Fsp3) is 0.415. The van der Waals surface area contributed by atoms with Gasteiger partial charge in [-0.3, -0.25) is 24.0 Å². The molecule has 0 spiro atoms. The van der Waals surface area contributed by atoms with Crippen molar-refractivity contribution in [1.29, 1.82) is 0 Å². The van der Waals surface area contributed by atoms with Gasteiger partial charge in [0, 0.05) is 61.8 Å². The number of carbonyl (C=O) groups excluding carboxylic acids is 3. The third-order valence-corrected chi connectivity index (χ3v) is 13.9. The summed E-state index contributed by atoms with van der Waals surface area (Å²) >= 11 is 0. The lowest BCUT2D eigenvalue weighted by Crippen LogP contribution is -2.55. The van der Waals surface area contributed by atoms with E-state index >= 15 is 0 Å². The van der Waals surface area contributed by atoms with Crippen LogP contribution in [-0.2, 0) is 14.8 Å². The third-order valence-electron chi connectivity index (χ3n) is 11.9. The number of hydrogen-bond acceptors (Lipinski definition) is 14. The van der Waals surface area contributed by atoms with Gasteiger partial charge in [0.1, 0.15) is 29.5 Å². The average Bonchev–Trinajstić information content (AvgIpc) is 3.75. The van der Waals surface area contributed by atoms with Crippen LogP contribution in [0.1, 0.15) is 79.1 Å². The summed E-state index contributed by atoms with van der Waals surface area (Å²) in [5.74, 6) is 2.02. The number of nitrogens with one attached hydrogen (secondary N) is 3. The second kappa shape index (κ2) is 14.5. The summed E-state index contributed by atoms with van der Waals surface area (Å²) in [4.78, 5) is 55.9. The molecule has 3 amide bonds. The van der Waals surface area contributed by atoms with E-state index in [1.54, 1.807) is 30.5 Å². The molecular formula is C41H44N12O6S. The van der Waals surface area contributed by atoms with Crippen molar-refractivity contribution in [3.63, 3.8) is 0 Å². The van der Waals surface area contributed by atoms with Gasteiger partial charge in [0.25, 0.3) is 21.8 Å². The average molecular weight is 833 g/mol. The molecule has 5 aromatic rings. The van der Waals surface area contributed by atoms with E-state index in [0.717, 1.165) is 58.2 Å². The summed E-state index contributed by atoms with van der Waals surface area (Å²) < 4.78 is 34.5. The van der Waals surface area contributed by atoms with Crippen molar-refractivity contribution >= 4 is 56.1 Å². The molecule has 0 bridgehead atoms. The first kappa shape index (κ1) is 38.0. The number of allylic oxidation sites excluding steroid dienone is 1. The zero-order chi connectivity index (χ0) is 41.4. The molecule has 4 fully saturated rings. The van der Waals surface area contributed by atoms with E-state index in [9.17, 15) is 22.8 Å². The minimum Gasteiger partial charge on any atom is -0.490 e. The summed E-state index contributed by atoms with van der Waals surface area (Å²) in [6.45, 7) is 10.6. The van der Waals surface area contributed by atoms with Crippen LogP contribution in [0.2, 0.25) is 0 Å². The van der Waals surface area contributed by atoms with Gasteiger partial charge in [0.05, 0.1) is 45.2 Å². The van der Waals surface area contributed by atoms with Crippen LogP contribution in [0.15, 0.2) is 67.4 Å². The van der Waals surface area contributed by atoms with Gasteiger partial charge in [0.15, 0.2) is 11.6 Å². The molecule has 0 radical (unpaired) electrons. The fourth-order valence-corrected chi connectivity index (χ4v) is 9.79. The molecule has 7 heterocycles. The van der Waals surface area contributed by atoms with Crippen LogP contribution in [-0.4, -0.2) is 108 Å². The number of fused-ring (bicyclic) bond motifs is 2. The van der Waals surface area contributed by atoms with E-state index in [2.05, 4.69) is 56.3 Å². The minimum atomic E-state index is -3.49. The van der Waals surface area contributed by atoms with Crippen LogP contribution in [0.25, 0.3) is 22.3 Å². The van der Waals surface area contributed by atoms with Gasteiger partial charge in [0.2, 0.25) is 5.91 Å². The Morgan fingerprint density at radius 2 is 1.78 bits per heavy atom. The maximum atomic E-state index is 13.3. The van der Waals surface area contributed by atoms with Crippen LogP contribution in [0.4, 0.5) is 17.5 Å². The molecular weight excluding hydrogens is 789 g/mol. The number of benzene rings is 1. The van der Waals surface area contributed by atoms with Crippen molar-refractivity contribution in [1.82, 2.24) is 49.5 Å². The molecule has 10 rings (SSSR count). The number of ether oxygens (including phenoxy) is 1. The molecule has 2 saturated heterocycles. The molecule has 18 nitrogen and oxygen atoms in total. The molecule has 19 heteroatoms. The Morgan fingerprint density at radius 3 is 2.55 bits per heavy atom. The zero-order valence-electron chi connectivity index (χ0n) is 33.1. The van der Waals surface area contributed by atoms with Crippen molar-refractivity contribution in [2.75, 3.05) is 29.9 Å². The molecule has 60 heavy (non-hydrogen) atoms. The van der Waals surface area contributed by atoms with Gasteiger partial charge in [-0.05, 0) is 76.6 Å². The monoisotopic (exact) mass is 832 g/mol. The Labute approximate surface area is 345 Å². The molecule has 3 aliphatic heterocycles. The van der Waals surface area contributed by atoms with Gasteiger partial charge >= 0.3 is 0 Å². The number of pyridine rings is 1. The maximum Gasteiger partial charge on any atom is 0.262 e. The number of anilines is 3. The van der Waals surface area contributed by atoms with Crippen LogP contribution in [0, 0.1) is 5.92 Å². The van der Waals surface area contributed by atoms with Gasteiger partial charge in [-0.15, -0.1) is 0 Å². The largest absolute Gasteiger partial charge is 0.490 e. The molecule has 2 saturated carbocycles. The predicted molar refractivity (Wildman–Crippen MR) is 220 cm³/mol. The zero-order valence-corrected chi connectivity index (χ0v) is 33.9. The van der Waals surface area contributed by atoms with Gasteiger partial charge in [-0.1, -0.05) is 6.58 Å². The van der Waals surface area contributed by atoms with E-state index in [1.165, 1.54) is 12.4 Å². The Balaban J connectivity index is 0.721. The van der Waals surface area contributed by atoms with Crippen LogP contribution in [0.5, 0.6) is 5.75 Å². The molecule has 2 aliphatic carbocycles. The second-order valence-electron chi connectivity index (χ2n) is 16.6. The number of hydrogen-bond donors (Lipinski definition) is 3. The lowest BCUT2D eigenvalue weighted by molar-refractivity contribution is -0.125. The van der Waals surface area contributed by atoms with Crippen LogP contribution < -0.4 is 25.6 Å². The van der Waals surface area contributed by atoms with Crippen molar-refractivity contribution < 1.29 is 27.5 Å². The van der Waals surface area contributed by atoms with Gasteiger partial charge in [-0.2, -0.15) is 14.3 Å². The van der Waals surface area contributed by atoms with Crippen LogP contribution in [0.3, 0.4) is 0 Å². The molecule has 3 N–H and O–H groups in total. The number of nitrogens with zero attached hydrogens (tertiary/aromatic N) is 9. The quantitative estimate of drug-likeness (QED) is 0.144. The van der Waals surface area contributed by atoms with Gasteiger partial charge < -0.3 is 25.6 Å². The highest BCUT2D eigenvalue weighted by atomic mass is 32.2. The van der Waals surface area contributed by atoms with Crippen molar-refractivity contribution in [2.45, 2.75) is 81.9 Å². The number of amides is 3. The first-order valence-corrected chi connectivity index (χ1v) is 21.8. The van der Waals surface area contributed by atoms with Gasteiger partial charge in [-0.25, -0.2) is 23.4 Å². The number of carbonyl (C=O) groups is 3. The summed E-state index contributed by atoms with van der Waals surface area (Å²) in [5, 5.41) is 19.3. The first-order valence-electron chi connectivity index (χ1n) is 20.3. The SMILES string of the molecule is C=C1CCC(N2C(=O)c3ccc(OC4CC(NCC5CN(c6nn(C(C)C)c7cc(Nc8ccnc(-c9cnn(S(=O)(=O)C%10CC%10)c9)n8)ncc67)C5)C4)cc3C2=O)C(=O)N1. The highest BCUT2D eigenvalue weighted by Crippen LogP contribution is 2.36. The van der Waals surface area contributed by atoms with E-state index < -0.39 is 27.9 Å². The van der Waals surface area contributed by atoms with Crippen LogP contribution >= 0.6 is 0 Å². The first-order chi connectivity index (χ1) is 28.9. The summed E-state index contributed by atoms with van der Waals surface area (Å²) in [6.07, 6.45) is 10.2.